The van der Waals surface area contributed by atoms with E-state index in [2.05, 4.69) is 25.6 Å². The van der Waals surface area contributed by atoms with Gasteiger partial charge in [0.1, 0.15) is 0 Å². The number of hydrogen-bond acceptors (Lipinski definition) is 5. The predicted octanol–water partition coefficient (Wildman–Crippen LogP) is 6.25. The number of hydrogen-bond donors (Lipinski definition) is 2. The number of nitrogens with zero attached hydrogens (tertiary/aromatic N) is 4. The monoisotopic (exact) mass is 485 g/mol. The van der Waals surface area contributed by atoms with Gasteiger partial charge < -0.3 is 15.2 Å². The van der Waals surface area contributed by atoms with Gasteiger partial charge in [-0.05, 0) is 91.9 Å². The highest BCUT2D eigenvalue weighted by molar-refractivity contribution is 6.05. The summed E-state index contributed by atoms with van der Waals surface area (Å²) < 4.78 is 90.4. The molecule has 2 N–H and O–H groups in total. The summed E-state index contributed by atoms with van der Waals surface area (Å²) in [5.74, 6) is -0.999. The molecule has 0 saturated heterocycles. The minimum atomic E-state index is -2.67. The molecular weight excluding hydrogens is 448 g/mol. The second-order valence-corrected chi connectivity index (χ2v) is 7.89. The van der Waals surface area contributed by atoms with E-state index < -0.39 is 55.1 Å². The van der Waals surface area contributed by atoms with Crippen LogP contribution in [0.25, 0.3) is 16.9 Å². The molecule has 7 nitrogen and oxygen atoms in total. The van der Waals surface area contributed by atoms with Crippen LogP contribution in [-0.2, 0) is 0 Å². The fraction of sp³-hybridized carbons (Fsp3) is 0.103. The highest BCUT2D eigenvalue weighted by Crippen LogP contribution is 2.24. The lowest BCUT2D eigenvalue weighted by atomic mass is 10.1. The van der Waals surface area contributed by atoms with Gasteiger partial charge in [0.15, 0.2) is 0 Å². The zero-order valence-corrected chi connectivity index (χ0v) is 19.2. The number of anilines is 3. The first kappa shape index (κ1) is 13.3. The van der Waals surface area contributed by atoms with E-state index in [0.717, 1.165) is 5.56 Å². The maximum absolute atomic E-state index is 13.4. The van der Waals surface area contributed by atoms with Crippen LogP contribution in [0.3, 0.4) is 0 Å². The first-order chi connectivity index (χ1) is 22.0. The lowest BCUT2D eigenvalue weighted by molar-refractivity contribution is 0.102. The summed E-state index contributed by atoms with van der Waals surface area (Å²) in [6.45, 7) is 0.849. The second kappa shape index (κ2) is 9.84. The Morgan fingerprint density at radius 1 is 1.06 bits per heavy atom. The molecule has 0 bridgehead atoms. The van der Waals surface area contributed by atoms with Gasteiger partial charge in [-0.3, -0.25) is 9.78 Å². The van der Waals surface area contributed by atoms with Gasteiger partial charge in [-0.1, -0.05) is 6.07 Å². The van der Waals surface area contributed by atoms with Gasteiger partial charge in [0.25, 0.3) is 5.91 Å². The van der Waals surface area contributed by atoms with Crippen LogP contribution >= 0.6 is 0 Å². The summed E-state index contributed by atoms with van der Waals surface area (Å²) in [6, 6.07) is 8.63. The molecule has 36 heavy (non-hydrogen) atoms. The molecule has 3 aromatic heterocycles. The summed E-state index contributed by atoms with van der Waals surface area (Å²) in [5, 5.41) is 5.46. The van der Waals surface area contributed by atoms with Crippen LogP contribution < -0.4 is 10.6 Å². The molecule has 7 heteroatoms. The van der Waals surface area contributed by atoms with Crippen molar-refractivity contribution in [3.05, 3.63) is 114 Å². The molecule has 0 unspecified atom stereocenters. The van der Waals surface area contributed by atoms with Gasteiger partial charge in [0.05, 0.1) is 16.7 Å². The zero-order chi connectivity index (χ0) is 34.5. The van der Waals surface area contributed by atoms with Gasteiger partial charge in [-0.2, -0.15) is 0 Å². The Kier molecular flexibility index (Phi) is 3.65. The van der Waals surface area contributed by atoms with Crippen molar-refractivity contribution < 1.29 is 19.9 Å². The Morgan fingerprint density at radius 3 is 2.81 bits per heavy atom. The summed E-state index contributed by atoms with van der Waals surface area (Å²) in [7, 11) is 0. The average Bonchev–Trinajstić information content (AvgIpc) is 3.23. The molecule has 3 heterocycles. The number of carbonyl (C=O) groups excluding carboxylic acids is 1. The lowest BCUT2D eigenvalue weighted by Gasteiger charge is -2.13. The van der Waals surface area contributed by atoms with Crippen molar-refractivity contribution in [3.63, 3.8) is 0 Å². The number of carbonyl (C=O) groups is 1. The largest absolute Gasteiger partial charge is 0.324 e. The molecule has 0 saturated carbocycles. The number of amides is 1. The van der Waals surface area contributed by atoms with Gasteiger partial charge in [-0.25, -0.2) is 9.97 Å². The molecule has 178 valence electrons. The van der Waals surface area contributed by atoms with Gasteiger partial charge in [0.2, 0.25) is 5.95 Å². The molecular formula is C29H26N6O. The van der Waals surface area contributed by atoms with Crippen LogP contribution in [0.1, 0.15) is 42.1 Å². The number of aromatic nitrogens is 4. The smallest absolute Gasteiger partial charge is 0.255 e. The quantitative estimate of drug-likeness (QED) is 0.297. The normalized spacial score (nSPS) is 15.4. The number of pyridine rings is 1. The molecule has 0 fully saturated rings. The Morgan fingerprint density at radius 2 is 1.97 bits per heavy atom. The van der Waals surface area contributed by atoms with Crippen molar-refractivity contribution in [3.8, 4) is 16.9 Å². The van der Waals surface area contributed by atoms with Gasteiger partial charge in [0, 0.05) is 63.2 Å². The van der Waals surface area contributed by atoms with Crippen molar-refractivity contribution in [2.75, 3.05) is 10.6 Å². The zero-order valence-electron chi connectivity index (χ0n) is 30.2. The molecule has 0 aliphatic carbocycles. The van der Waals surface area contributed by atoms with Crippen LogP contribution in [0.4, 0.5) is 17.3 Å². The number of benzene rings is 2. The third-order valence-corrected chi connectivity index (χ3v) is 5.06. The number of nitrogens with one attached hydrogen (secondary N) is 2. The van der Waals surface area contributed by atoms with E-state index in [1.807, 2.05) is 0 Å². The van der Waals surface area contributed by atoms with Gasteiger partial charge in [-0.15, -0.1) is 0 Å². The number of rotatable bonds is 6. The van der Waals surface area contributed by atoms with E-state index in [1.165, 1.54) is 22.8 Å². The average molecular weight is 486 g/mol. The highest BCUT2D eigenvalue weighted by atomic mass is 16.1. The Labute approximate surface area is 225 Å². The molecule has 0 aliphatic rings. The van der Waals surface area contributed by atoms with E-state index in [0.29, 0.717) is 16.9 Å². The molecule has 1 amide bonds. The first-order valence-corrected chi connectivity index (χ1v) is 10.8. The third kappa shape index (κ3) is 5.15. The molecule has 2 aromatic carbocycles. The summed E-state index contributed by atoms with van der Waals surface area (Å²) in [6.07, 6.45) is -1.62. The topological polar surface area (TPSA) is 84.7 Å². The fourth-order valence-electron chi connectivity index (χ4n) is 3.43. The van der Waals surface area contributed by atoms with Crippen molar-refractivity contribution >= 4 is 23.2 Å². The Bertz CT molecular complexity index is 2080. The van der Waals surface area contributed by atoms with Crippen LogP contribution in [-0.4, -0.2) is 25.4 Å². The standard InChI is InChI=1S/C29H26N6O/c1-19-9-12-35(18-19)25-14-20(2)13-24(16-25)32-28(36)22-7-6-21(3)27(15-22)34-29-31-11-8-26(33-29)23-5-4-10-30-17-23/h4-18H,1-3H3,(H,32,36)(H,31,33,34)/i3D3,4D,5D,8D,10D,11D,12D,17D,18D. The summed E-state index contributed by atoms with van der Waals surface area (Å²) >= 11 is 0. The maximum atomic E-state index is 13.4. The maximum Gasteiger partial charge on any atom is 0.255 e. The molecule has 5 rings (SSSR count). The highest BCUT2D eigenvalue weighted by Gasteiger charge is 2.12. The van der Waals surface area contributed by atoms with Gasteiger partial charge >= 0.3 is 0 Å². The number of aryl methyl sites for hydroxylation is 3. The minimum Gasteiger partial charge on any atom is -0.324 e. The van der Waals surface area contributed by atoms with Crippen LogP contribution in [0.5, 0.6) is 0 Å². The van der Waals surface area contributed by atoms with Crippen molar-refractivity contribution in [1.82, 2.24) is 19.5 Å². The van der Waals surface area contributed by atoms with Crippen LogP contribution in [0.15, 0.2) is 91.5 Å². The fourth-order valence-corrected chi connectivity index (χ4v) is 3.43. The predicted molar refractivity (Wildman–Crippen MR) is 143 cm³/mol. The minimum absolute atomic E-state index is 0.0297. The third-order valence-electron chi connectivity index (χ3n) is 5.06. The van der Waals surface area contributed by atoms with E-state index >= 15 is 0 Å². The van der Waals surface area contributed by atoms with E-state index in [4.69, 9.17) is 15.1 Å². The van der Waals surface area contributed by atoms with Crippen LogP contribution in [0.2, 0.25) is 0 Å². The molecule has 0 aliphatic heterocycles. The molecule has 0 radical (unpaired) electrons. The Hall–Kier alpha value is -4.78. The van der Waals surface area contributed by atoms with E-state index in [1.54, 1.807) is 38.1 Å². The van der Waals surface area contributed by atoms with E-state index in [9.17, 15) is 4.79 Å². The summed E-state index contributed by atoms with van der Waals surface area (Å²) in [5.41, 5.74) is 1.14. The lowest BCUT2D eigenvalue weighted by Crippen LogP contribution is -2.13. The summed E-state index contributed by atoms with van der Waals surface area (Å²) in [4.78, 5) is 25.1. The van der Waals surface area contributed by atoms with E-state index in [-0.39, 0.29) is 40.7 Å². The molecule has 0 spiro atoms. The first-order valence-electron chi connectivity index (χ1n) is 16.3. The van der Waals surface area contributed by atoms with Crippen LogP contribution in [0, 0.1) is 20.7 Å². The second-order valence-electron chi connectivity index (χ2n) is 7.89. The van der Waals surface area contributed by atoms with Crippen molar-refractivity contribution in [2.45, 2.75) is 20.7 Å². The Balaban J connectivity index is 1.53. The van der Waals surface area contributed by atoms with Crippen molar-refractivity contribution in [2.24, 2.45) is 0 Å². The van der Waals surface area contributed by atoms with Crippen molar-refractivity contribution in [1.29, 1.82) is 0 Å². The SMILES string of the molecule is [2H]c1nc(Nc2cc(C(=O)Nc3cc(C)cc(-n4c([2H])cc(C)c4[2H])c3)ccc2C([2H])([2H])[2H])nc(-c2c([2H])nc([2H])c([2H])c2[2H])c1[2H]. The molecule has 5 aromatic rings. The molecule has 0 atom stereocenters.